The number of hydrogen-bond donors (Lipinski definition) is 2. The number of fused-ring (bicyclic) bond motifs is 1. The van der Waals surface area contributed by atoms with Crippen LogP contribution < -0.4 is 5.32 Å². The number of nitrogens with one attached hydrogen (secondary N) is 1. The molecule has 2 aromatic heterocycles. The fourth-order valence-corrected chi connectivity index (χ4v) is 3.52. The molecule has 1 atom stereocenters. The van der Waals surface area contributed by atoms with Crippen molar-refractivity contribution in [1.82, 2.24) is 19.5 Å². The van der Waals surface area contributed by atoms with Crippen LogP contribution in [0.5, 0.6) is 0 Å². The number of aliphatic hydroxyl groups excluding tert-OH is 1. The molecule has 1 aliphatic heterocycles. The Bertz CT molecular complexity index is 867. The Kier molecular flexibility index (Phi) is 4.70. The zero-order chi connectivity index (χ0) is 17.2. The molecule has 6 nitrogen and oxygen atoms in total. The van der Waals surface area contributed by atoms with E-state index >= 15 is 0 Å². The van der Waals surface area contributed by atoms with Crippen LogP contribution in [0.4, 0.5) is 5.82 Å². The lowest BCUT2D eigenvalue weighted by atomic mass is 10.1. The molecule has 1 fully saturated rings. The minimum absolute atomic E-state index is 0.181. The van der Waals surface area contributed by atoms with Crippen LogP contribution in [0.1, 0.15) is 6.42 Å². The number of anilines is 1. The molecule has 0 spiro atoms. The summed E-state index contributed by atoms with van der Waals surface area (Å²) in [6, 6.07) is 12.2. The molecule has 0 aliphatic carbocycles. The first kappa shape index (κ1) is 16.5. The summed E-state index contributed by atoms with van der Waals surface area (Å²) in [4.78, 5) is 7.00. The smallest absolute Gasteiger partial charge is 0.172 e. The van der Waals surface area contributed by atoms with Crippen LogP contribution in [0.3, 0.4) is 0 Å². The fourth-order valence-electron chi connectivity index (χ4n) is 3.18. The molecule has 25 heavy (non-hydrogen) atoms. The summed E-state index contributed by atoms with van der Waals surface area (Å²) < 4.78 is 2.69. The molecule has 0 radical (unpaired) electrons. The Hall–Kier alpha value is -1.96. The molecule has 3 heterocycles. The summed E-state index contributed by atoms with van der Waals surface area (Å²) in [5.74, 6) is 0.911. The number of nitrogens with zero attached hydrogens (tertiary/aromatic N) is 4. The van der Waals surface area contributed by atoms with Gasteiger partial charge in [0.2, 0.25) is 0 Å². The molecule has 3 aromatic rings. The Morgan fingerprint density at radius 1 is 1.28 bits per heavy atom. The monoisotopic (exact) mass is 401 g/mol. The first-order valence-electron chi connectivity index (χ1n) is 8.45. The Balaban J connectivity index is 1.58. The van der Waals surface area contributed by atoms with Gasteiger partial charge < -0.3 is 10.4 Å². The number of aromatic nitrogens is 3. The molecule has 2 N–H and O–H groups in total. The van der Waals surface area contributed by atoms with Crippen LogP contribution in [0.25, 0.3) is 16.9 Å². The summed E-state index contributed by atoms with van der Waals surface area (Å²) >= 11 is 3.53. The molecule has 4 rings (SSSR count). The summed E-state index contributed by atoms with van der Waals surface area (Å²) in [6.45, 7) is 3.40. The maximum atomic E-state index is 9.63. The SMILES string of the molecule is O[C@@H]1CCN(CCNc2cc(-c3ccccc3)nc3c(Br)cnn23)C1. The predicted octanol–water partition coefficient (Wildman–Crippen LogP) is 2.64. The van der Waals surface area contributed by atoms with E-state index in [1.54, 1.807) is 6.20 Å². The van der Waals surface area contributed by atoms with Crippen molar-refractivity contribution < 1.29 is 5.11 Å². The number of likely N-dealkylation sites (tertiary alicyclic amines) is 1. The van der Waals surface area contributed by atoms with Crippen molar-refractivity contribution >= 4 is 27.4 Å². The van der Waals surface area contributed by atoms with Gasteiger partial charge in [0.05, 0.1) is 22.5 Å². The molecule has 1 saturated heterocycles. The van der Waals surface area contributed by atoms with E-state index in [4.69, 9.17) is 4.98 Å². The second-order valence-corrected chi connectivity index (χ2v) is 7.14. The zero-order valence-electron chi connectivity index (χ0n) is 13.8. The van der Waals surface area contributed by atoms with Gasteiger partial charge in [0.1, 0.15) is 5.82 Å². The lowest BCUT2D eigenvalue weighted by molar-refractivity contribution is 0.177. The highest BCUT2D eigenvalue weighted by molar-refractivity contribution is 9.10. The van der Waals surface area contributed by atoms with Gasteiger partial charge in [0.15, 0.2) is 5.65 Å². The molecule has 130 valence electrons. The maximum Gasteiger partial charge on any atom is 0.172 e. The Labute approximate surface area is 154 Å². The molecular weight excluding hydrogens is 382 g/mol. The van der Waals surface area contributed by atoms with E-state index in [1.165, 1.54) is 0 Å². The van der Waals surface area contributed by atoms with Crippen LogP contribution in [-0.2, 0) is 0 Å². The molecule has 0 amide bonds. The van der Waals surface area contributed by atoms with Crippen LogP contribution in [0, 0.1) is 0 Å². The van der Waals surface area contributed by atoms with Gasteiger partial charge in [-0.05, 0) is 22.4 Å². The van der Waals surface area contributed by atoms with E-state index in [0.29, 0.717) is 0 Å². The summed E-state index contributed by atoms with van der Waals surface area (Å²) in [5, 5.41) is 17.5. The van der Waals surface area contributed by atoms with Gasteiger partial charge in [-0.1, -0.05) is 30.3 Å². The number of benzene rings is 1. The summed E-state index contributed by atoms with van der Waals surface area (Å²) in [6.07, 6.45) is 2.45. The van der Waals surface area contributed by atoms with E-state index in [1.807, 2.05) is 28.8 Å². The lowest BCUT2D eigenvalue weighted by Crippen LogP contribution is -2.28. The van der Waals surface area contributed by atoms with E-state index < -0.39 is 0 Å². The van der Waals surface area contributed by atoms with E-state index in [2.05, 4.69) is 43.4 Å². The average molecular weight is 402 g/mol. The molecule has 0 unspecified atom stereocenters. The van der Waals surface area contributed by atoms with Gasteiger partial charge in [-0.25, -0.2) is 4.98 Å². The third kappa shape index (κ3) is 3.53. The van der Waals surface area contributed by atoms with Gasteiger partial charge in [0.25, 0.3) is 0 Å². The maximum absolute atomic E-state index is 9.63. The van der Waals surface area contributed by atoms with Gasteiger partial charge in [-0.15, -0.1) is 0 Å². The van der Waals surface area contributed by atoms with Crippen molar-refractivity contribution in [2.24, 2.45) is 0 Å². The summed E-state index contributed by atoms with van der Waals surface area (Å²) in [5.41, 5.74) is 2.78. The van der Waals surface area contributed by atoms with Gasteiger partial charge in [-0.3, -0.25) is 4.90 Å². The first-order valence-corrected chi connectivity index (χ1v) is 9.24. The highest BCUT2D eigenvalue weighted by Crippen LogP contribution is 2.25. The standard InChI is InChI=1S/C18H20BrN5O/c19-15-11-21-24-17(20-7-9-23-8-6-14(25)12-23)10-16(22-18(15)24)13-4-2-1-3-5-13/h1-5,10-11,14,20,25H,6-9,12H2/t14-/m1/s1. The zero-order valence-corrected chi connectivity index (χ0v) is 15.4. The van der Waals surface area contributed by atoms with Crippen molar-refractivity contribution in [2.75, 3.05) is 31.5 Å². The third-order valence-electron chi connectivity index (χ3n) is 4.48. The highest BCUT2D eigenvalue weighted by Gasteiger charge is 2.19. The number of rotatable bonds is 5. The van der Waals surface area contributed by atoms with E-state index in [-0.39, 0.29) is 6.10 Å². The van der Waals surface area contributed by atoms with Crippen molar-refractivity contribution in [3.05, 3.63) is 47.1 Å². The van der Waals surface area contributed by atoms with Crippen molar-refractivity contribution in [1.29, 1.82) is 0 Å². The van der Waals surface area contributed by atoms with Crippen LogP contribution in [0.2, 0.25) is 0 Å². The Morgan fingerprint density at radius 2 is 2.12 bits per heavy atom. The molecule has 7 heteroatoms. The largest absolute Gasteiger partial charge is 0.392 e. The second kappa shape index (κ2) is 7.11. The number of halogens is 1. The predicted molar refractivity (Wildman–Crippen MR) is 102 cm³/mol. The second-order valence-electron chi connectivity index (χ2n) is 6.29. The first-order chi connectivity index (χ1) is 12.2. The number of hydrogen-bond acceptors (Lipinski definition) is 5. The normalized spacial score (nSPS) is 18.1. The third-order valence-corrected chi connectivity index (χ3v) is 5.04. The fraction of sp³-hybridized carbons (Fsp3) is 0.333. The minimum Gasteiger partial charge on any atom is -0.392 e. The van der Waals surface area contributed by atoms with Crippen molar-refractivity contribution in [3.63, 3.8) is 0 Å². The van der Waals surface area contributed by atoms with Crippen LogP contribution in [0.15, 0.2) is 47.1 Å². The van der Waals surface area contributed by atoms with Gasteiger partial charge in [0, 0.05) is 37.8 Å². The van der Waals surface area contributed by atoms with Crippen LogP contribution in [-0.4, -0.2) is 56.9 Å². The quantitative estimate of drug-likeness (QED) is 0.687. The lowest BCUT2D eigenvalue weighted by Gasteiger charge is -2.16. The van der Waals surface area contributed by atoms with E-state index in [0.717, 1.165) is 59.8 Å². The Morgan fingerprint density at radius 3 is 2.88 bits per heavy atom. The van der Waals surface area contributed by atoms with Gasteiger partial charge in [-0.2, -0.15) is 9.61 Å². The summed E-state index contributed by atoms with van der Waals surface area (Å²) in [7, 11) is 0. The molecule has 0 saturated carbocycles. The molecule has 1 aliphatic rings. The van der Waals surface area contributed by atoms with E-state index in [9.17, 15) is 5.11 Å². The van der Waals surface area contributed by atoms with Crippen molar-refractivity contribution in [3.8, 4) is 11.3 Å². The topological polar surface area (TPSA) is 65.7 Å². The number of aliphatic hydroxyl groups is 1. The average Bonchev–Trinajstić information content (AvgIpc) is 3.22. The molecule has 0 bridgehead atoms. The number of β-amino-alcohol motifs (C(OH)–C–C–N with tert-alkyl or cyclic N) is 1. The van der Waals surface area contributed by atoms with Gasteiger partial charge >= 0.3 is 0 Å². The van der Waals surface area contributed by atoms with Crippen LogP contribution >= 0.6 is 15.9 Å². The molecule has 1 aromatic carbocycles. The van der Waals surface area contributed by atoms with Crippen molar-refractivity contribution in [2.45, 2.75) is 12.5 Å². The minimum atomic E-state index is -0.181. The highest BCUT2D eigenvalue weighted by atomic mass is 79.9. The molecular formula is C18H20BrN5O.